The number of hydrogen-bond acceptors (Lipinski definition) is 2. The van der Waals surface area contributed by atoms with Crippen LogP contribution in [0.1, 0.15) is 10.4 Å². The Balaban J connectivity index is 3.28. The topological polar surface area (TPSA) is 26.3 Å². The second kappa shape index (κ2) is 4.07. The molecule has 0 saturated carbocycles. The normalized spacial score (nSPS) is 9.85. The quantitative estimate of drug-likeness (QED) is 0.577. The SMILES string of the molecule is COC(=O)c1cc(Br)cc(Cl)c1F. The van der Waals surface area contributed by atoms with E-state index in [2.05, 4.69) is 20.7 Å². The van der Waals surface area contributed by atoms with Crippen molar-refractivity contribution in [2.75, 3.05) is 7.11 Å². The molecule has 0 saturated heterocycles. The van der Waals surface area contributed by atoms with Crippen molar-refractivity contribution >= 4 is 33.5 Å². The predicted octanol–water partition coefficient (Wildman–Crippen LogP) is 3.03. The highest BCUT2D eigenvalue weighted by molar-refractivity contribution is 9.10. The van der Waals surface area contributed by atoms with E-state index in [1.165, 1.54) is 19.2 Å². The van der Waals surface area contributed by atoms with Gasteiger partial charge < -0.3 is 4.74 Å². The van der Waals surface area contributed by atoms with Crippen molar-refractivity contribution in [3.8, 4) is 0 Å². The van der Waals surface area contributed by atoms with Gasteiger partial charge in [0.05, 0.1) is 17.7 Å². The Kier molecular flexibility index (Phi) is 3.27. The number of ether oxygens (including phenoxy) is 1. The first-order chi connectivity index (χ1) is 6.06. The maximum Gasteiger partial charge on any atom is 0.340 e. The van der Waals surface area contributed by atoms with Gasteiger partial charge in [-0.2, -0.15) is 0 Å². The molecule has 5 heteroatoms. The summed E-state index contributed by atoms with van der Waals surface area (Å²) in [6.07, 6.45) is 0. The summed E-state index contributed by atoms with van der Waals surface area (Å²) >= 11 is 8.59. The number of esters is 1. The van der Waals surface area contributed by atoms with Crippen LogP contribution in [0.25, 0.3) is 0 Å². The van der Waals surface area contributed by atoms with E-state index in [1.54, 1.807) is 0 Å². The van der Waals surface area contributed by atoms with Crippen LogP contribution in [0.4, 0.5) is 4.39 Å². The van der Waals surface area contributed by atoms with Crippen molar-refractivity contribution in [2.45, 2.75) is 0 Å². The van der Waals surface area contributed by atoms with Gasteiger partial charge >= 0.3 is 5.97 Å². The molecule has 1 rings (SSSR count). The minimum absolute atomic E-state index is 0.116. The molecule has 0 unspecified atom stereocenters. The number of methoxy groups -OCH3 is 1. The molecule has 0 atom stereocenters. The third-order valence-corrected chi connectivity index (χ3v) is 2.13. The summed E-state index contributed by atoms with van der Waals surface area (Å²) in [7, 11) is 1.18. The van der Waals surface area contributed by atoms with Gasteiger partial charge in [0.15, 0.2) is 5.82 Å². The Labute approximate surface area is 87.8 Å². The molecule has 0 fully saturated rings. The highest BCUT2D eigenvalue weighted by Crippen LogP contribution is 2.24. The van der Waals surface area contributed by atoms with Gasteiger partial charge in [0.1, 0.15) is 0 Å². The molecule has 0 aliphatic heterocycles. The molecule has 0 spiro atoms. The van der Waals surface area contributed by atoms with E-state index < -0.39 is 11.8 Å². The summed E-state index contributed by atoms with van der Waals surface area (Å²) in [5.41, 5.74) is -0.179. The second-order valence-electron chi connectivity index (χ2n) is 2.24. The van der Waals surface area contributed by atoms with Crippen LogP contribution < -0.4 is 0 Å². The molecular weight excluding hydrogens is 262 g/mol. The number of carbonyl (C=O) groups is 1. The molecule has 0 amide bonds. The van der Waals surface area contributed by atoms with E-state index in [9.17, 15) is 9.18 Å². The Morgan fingerprint density at radius 1 is 1.62 bits per heavy atom. The van der Waals surface area contributed by atoms with Crippen LogP contribution in [0.5, 0.6) is 0 Å². The largest absolute Gasteiger partial charge is 0.465 e. The molecule has 0 heterocycles. The van der Waals surface area contributed by atoms with Gasteiger partial charge in [0.25, 0.3) is 0 Å². The van der Waals surface area contributed by atoms with Crippen LogP contribution in [0.2, 0.25) is 5.02 Å². The minimum Gasteiger partial charge on any atom is -0.465 e. The highest BCUT2D eigenvalue weighted by Gasteiger charge is 2.15. The first-order valence-electron chi connectivity index (χ1n) is 3.29. The standard InChI is InChI=1S/C8H5BrClFO2/c1-13-8(12)5-2-4(9)3-6(10)7(5)11/h2-3H,1H3. The highest BCUT2D eigenvalue weighted by atomic mass is 79.9. The zero-order valence-corrected chi connectivity index (χ0v) is 8.95. The number of hydrogen-bond donors (Lipinski definition) is 0. The Morgan fingerprint density at radius 3 is 2.77 bits per heavy atom. The lowest BCUT2D eigenvalue weighted by Crippen LogP contribution is -2.04. The van der Waals surface area contributed by atoms with E-state index in [0.29, 0.717) is 4.47 Å². The fourth-order valence-electron chi connectivity index (χ4n) is 0.814. The average molecular weight is 267 g/mol. The molecule has 0 N–H and O–H groups in total. The van der Waals surface area contributed by atoms with Gasteiger partial charge in [-0.25, -0.2) is 9.18 Å². The lowest BCUT2D eigenvalue weighted by molar-refractivity contribution is 0.0595. The van der Waals surface area contributed by atoms with E-state index in [-0.39, 0.29) is 10.6 Å². The Bertz CT molecular complexity index is 354. The molecule has 70 valence electrons. The molecule has 0 aromatic heterocycles. The van der Waals surface area contributed by atoms with E-state index in [0.717, 1.165) is 0 Å². The van der Waals surface area contributed by atoms with Crippen LogP contribution in [0, 0.1) is 5.82 Å². The lowest BCUT2D eigenvalue weighted by atomic mass is 10.2. The molecular formula is C8H5BrClFO2. The monoisotopic (exact) mass is 266 g/mol. The summed E-state index contributed by atoms with van der Waals surface area (Å²) < 4.78 is 18.1. The van der Waals surface area contributed by atoms with Crippen molar-refractivity contribution in [1.29, 1.82) is 0 Å². The number of halogens is 3. The first kappa shape index (κ1) is 10.5. The van der Waals surface area contributed by atoms with E-state index in [4.69, 9.17) is 11.6 Å². The summed E-state index contributed by atoms with van der Waals surface area (Å²) in [6, 6.07) is 2.68. The Hall–Kier alpha value is -0.610. The third kappa shape index (κ3) is 2.19. The van der Waals surface area contributed by atoms with Crippen LogP contribution in [0.3, 0.4) is 0 Å². The van der Waals surface area contributed by atoms with Crippen LogP contribution in [-0.2, 0) is 4.74 Å². The molecule has 0 aliphatic rings. The van der Waals surface area contributed by atoms with Crippen molar-refractivity contribution in [2.24, 2.45) is 0 Å². The van der Waals surface area contributed by atoms with Crippen LogP contribution in [0.15, 0.2) is 16.6 Å². The first-order valence-corrected chi connectivity index (χ1v) is 4.46. The van der Waals surface area contributed by atoms with Crippen molar-refractivity contribution in [3.05, 3.63) is 33.0 Å². The van der Waals surface area contributed by atoms with Crippen molar-refractivity contribution < 1.29 is 13.9 Å². The smallest absolute Gasteiger partial charge is 0.340 e. The molecule has 1 aromatic rings. The molecule has 0 bridgehead atoms. The fraction of sp³-hybridized carbons (Fsp3) is 0.125. The second-order valence-corrected chi connectivity index (χ2v) is 3.56. The zero-order valence-electron chi connectivity index (χ0n) is 6.61. The maximum atomic E-state index is 13.2. The van der Waals surface area contributed by atoms with Gasteiger partial charge in [-0.05, 0) is 12.1 Å². The fourth-order valence-corrected chi connectivity index (χ4v) is 1.62. The van der Waals surface area contributed by atoms with Gasteiger partial charge in [0, 0.05) is 4.47 Å². The number of carbonyl (C=O) groups excluding carboxylic acids is 1. The number of benzene rings is 1. The van der Waals surface area contributed by atoms with E-state index in [1.807, 2.05) is 0 Å². The molecule has 0 radical (unpaired) electrons. The zero-order chi connectivity index (χ0) is 10.0. The van der Waals surface area contributed by atoms with Crippen LogP contribution in [-0.4, -0.2) is 13.1 Å². The summed E-state index contributed by atoms with van der Waals surface area (Å²) in [6.45, 7) is 0. The third-order valence-electron chi connectivity index (χ3n) is 1.40. The summed E-state index contributed by atoms with van der Waals surface area (Å²) in [5.74, 6) is -1.52. The van der Waals surface area contributed by atoms with Gasteiger partial charge in [-0.3, -0.25) is 0 Å². The van der Waals surface area contributed by atoms with Crippen molar-refractivity contribution in [3.63, 3.8) is 0 Å². The predicted molar refractivity (Wildman–Crippen MR) is 50.4 cm³/mol. The van der Waals surface area contributed by atoms with Gasteiger partial charge in [0.2, 0.25) is 0 Å². The molecule has 1 aromatic carbocycles. The lowest BCUT2D eigenvalue weighted by Gasteiger charge is -2.03. The van der Waals surface area contributed by atoms with E-state index >= 15 is 0 Å². The summed E-state index contributed by atoms with van der Waals surface area (Å²) in [5, 5.41) is -0.116. The maximum absolute atomic E-state index is 13.2. The molecule has 2 nitrogen and oxygen atoms in total. The number of rotatable bonds is 1. The van der Waals surface area contributed by atoms with Gasteiger partial charge in [-0.1, -0.05) is 27.5 Å². The van der Waals surface area contributed by atoms with Crippen LogP contribution >= 0.6 is 27.5 Å². The summed E-state index contributed by atoms with van der Waals surface area (Å²) in [4.78, 5) is 11.0. The van der Waals surface area contributed by atoms with Crippen molar-refractivity contribution in [1.82, 2.24) is 0 Å². The average Bonchev–Trinajstić information content (AvgIpc) is 2.10. The molecule has 0 aliphatic carbocycles. The molecule has 13 heavy (non-hydrogen) atoms. The minimum atomic E-state index is -0.767. The van der Waals surface area contributed by atoms with Gasteiger partial charge in [-0.15, -0.1) is 0 Å². The Morgan fingerprint density at radius 2 is 2.23 bits per heavy atom.